The van der Waals surface area contributed by atoms with Crippen LogP contribution in [0.4, 0.5) is 5.69 Å². The van der Waals surface area contributed by atoms with Crippen LogP contribution >= 0.6 is 0 Å². The number of aromatic amines is 1. The van der Waals surface area contributed by atoms with E-state index in [2.05, 4.69) is 10.3 Å². The van der Waals surface area contributed by atoms with Crippen LogP contribution in [0.2, 0.25) is 0 Å². The van der Waals surface area contributed by atoms with E-state index in [1.165, 1.54) is 0 Å². The smallest absolute Gasteiger partial charge is 0.326 e. The number of para-hydroxylation sites is 2. The summed E-state index contributed by atoms with van der Waals surface area (Å²) in [7, 11) is 0. The Labute approximate surface area is 131 Å². The lowest BCUT2D eigenvalue weighted by Crippen LogP contribution is -2.30. The lowest BCUT2D eigenvalue weighted by Gasteiger charge is -2.15. The van der Waals surface area contributed by atoms with Gasteiger partial charge < -0.3 is 20.5 Å². The molecule has 1 heterocycles. The maximum absolute atomic E-state index is 11.4. The number of benzene rings is 2. The topological polar surface area (TPSA) is 102 Å². The number of fused-ring (bicyclic) bond motifs is 3. The van der Waals surface area contributed by atoms with Gasteiger partial charge in [0, 0.05) is 22.7 Å². The number of rotatable bonds is 6. The van der Waals surface area contributed by atoms with E-state index in [-0.39, 0.29) is 12.8 Å². The van der Waals surface area contributed by atoms with Gasteiger partial charge in [0.05, 0.1) is 11.2 Å². The molecule has 0 saturated heterocycles. The molecule has 0 fully saturated rings. The molecule has 0 aliphatic heterocycles. The highest BCUT2D eigenvalue weighted by atomic mass is 16.4. The highest BCUT2D eigenvalue weighted by Gasteiger charge is 2.20. The summed E-state index contributed by atoms with van der Waals surface area (Å²) in [4.78, 5) is 25.3. The molecule has 1 unspecified atom stereocenters. The minimum absolute atomic E-state index is 0.0152. The summed E-state index contributed by atoms with van der Waals surface area (Å²) in [5, 5.41) is 23.0. The van der Waals surface area contributed by atoms with Crippen LogP contribution in [0.1, 0.15) is 12.8 Å². The molecule has 1 atom stereocenters. The van der Waals surface area contributed by atoms with Crippen molar-refractivity contribution in [1.29, 1.82) is 0 Å². The van der Waals surface area contributed by atoms with Crippen molar-refractivity contribution in [3.05, 3.63) is 42.5 Å². The van der Waals surface area contributed by atoms with Gasteiger partial charge >= 0.3 is 11.9 Å². The fraction of sp³-hybridized carbons (Fsp3) is 0.176. The molecular weight excluding hydrogens is 296 g/mol. The minimum atomic E-state index is -1.07. The molecule has 6 heteroatoms. The highest BCUT2D eigenvalue weighted by Crippen LogP contribution is 2.30. The van der Waals surface area contributed by atoms with Gasteiger partial charge in [0.15, 0.2) is 0 Å². The number of nitrogens with one attached hydrogen (secondary N) is 2. The average molecular weight is 312 g/mol. The Kier molecular flexibility index (Phi) is 3.89. The lowest BCUT2D eigenvalue weighted by atomic mass is 10.1. The first-order valence-corrected chi connectivity index (χ1v) is 7.27. The number of anilines is 1. The molecule has 0 spiro atoms. The van der Waals surface area contributed by atoms with E-state index in [4.69, 9.17) is 5.11 Å². The molecule has 0 radical (unpaired) electrons. The number of hydrogen-bond donors (Lipinski definition) is 4. The Morgan fingerprint density at radius 2 is 1.78 bits per heavy atom. The van der Waals surface area contributed by atoms with Crippen molar-refractivity contribution in [2.45, 2.75) is 18.9 Å². The molecule has 118 valence electrons. The number of H-pyrrole nitrogens is 1. The van der Waals surface area contributed by atoms with E-state index in [1.807, 2.05) is 36.4 Å². The third-order valence-electron chi connectivity index (χ3n) is 3.82. The largest absolute Gasteiger partial charge is 0.481 e. The zero-order valence-corrected chi connectivity index (χ0v) is 12.2. The Balaban J connectivity index is 1.98. The number of hydrogen-bond acceptors (Lipinski definition) is 3. The van der Waals surface area contributed by atoms with Gasteiger partial charge in [-0.25, -0.2) is 4.79 Å². The molecule has 0 saturated carbocycles. The zero-order chi connectivity index (χ0) is 16.4. The number of carboxylic acids is 2. The van der Waals surface area contributed by atoms with Gasteiger partial charge in [0.2, 0.25) is 0 Å². The molecule has 1 aromatic heterocycles. The van der Waals surface area contributed by atoms with Crippen molar-refractivity contribution in [2.75, 3.05) is 5.32 Å². The average Bonchev–Trinajstić information content (AvgIpc) is 2.90. The van der Waals surface area contributed by atoms with Crippen molar-refractivity contribution < 1.29 is 19.8 Å². The van der Waals surface area contributed by atoms with Gasteiger partial charge in [-0.05, 0) is 18.6 Å². The van der Waals surface area contributed by atoms with Gasteiger partial charge in [0.1, 0.15) is 6.04 Å². The molecular formula is C17H16N2O4. The molecule has 4 N–H and O–H groups in total. The molecule has 0 bridgehead atoms. The van der Waals surface area contributed by atoms with Crippen LogP contribution in [0.25, 0.3) is 21.8 Å². The maximum Gasteiger partial charge on any atom is 0.326 e. The van der Waals surface area contributed by atoms with Crippen LogP contribution in [0.3, 0.4) is 0 Å². The van der Waals surface area contributed by atoms with E-state index in [9.17, 15) is 14.7 Å². The Bertz CT molecular complexity index is 885. The minimum Gasteiger partial charge on any atom is -0.481 e. The normalized spacial score (nSPS) is 12.3. The summed E-state index contributed by atoms with van der Waals surface area (Å²) in [5.74, 6) is -2.08. The molecule has 23 heavy (non-hydrogen) atoms. The second-order valence-electron chi connectivity index (χ2n) is 5.37. The summed E-state index contributed by atoms with van der Waals surface area (Å²) in [5.41, 5.74) is 2.43. The quantitative estimate of drug-likeness (QED) is 0.560. The molecule has 2 aromatic carbocycles. The van der Waals surface area contributed by atoms with Crippen LogP contribution in [-0.2, 0) is 9.59 Å². The van der Waals surface area contributed by atoms with Crippen LogP contribution < -0.4 is 5.32 Å². The predicted molar refractivity (Wildman–Crippen MR) is 87.7 cm³/mol. The van der Waals surface area contributed by atoms with Crippen LogP contribution in [0.5, 0.6) is 0 Å². The standard InChI is InChI=1S/C17H16N2O4/c20-15(21)9-8-14(17(22)23)18-13-7-3-5-11-10-4-1-2-6-12(10)19-16(11)13/h1-7,14,18-19H,8-9H2,(H,20,21)(H,22,23). The first-order chi connectivity index (χ1) is 11.1. The van der Waals surface area contributed by atoms with E-state index in [1.54, 1.807) is 6.07 Å². The summed E-state index contributed by atoms with van der Waals surface area (Å²) in [6, 6.07) is 12.5. The van der Waals surface area contributed by atoms with Crippen molar-refractivity contribution in [3.63, 3.8) is 0 Å². The van der Waals surface area contributed by atoms with Crippen molar-refractivity contribution >= 4 is 39.4 Å². The van der Waals surface area contributed by atoms with Crippen molar-refractivity contribution in [3.8, 4) is 0 Å². The number of aliphatic carboxylic acids is 2. The van der Waals surface area contributed by atoms with Gasteiger partial charge in [-0.1, -0.05) is 30.3 Å². The lowest BCUT2D eigenvalue weighted by molar-refractivity contribution is -0.139. The monoisotopic (exact) mass is 312 g/mol. The fourth-order valence-electron chi connectivity index (χ4n) is 2.71. The van der Waals surface area contributed by atoms with E-state index < -0.39 is 18.0 Å². The van der Waals surface area contributed by atoms with Crippen LogP contribution in [-0.4, -0.2) is 33.2 Å². The summed E-state index contributed by atoms with van der Waals surface area (Å²) in [6.07, 6.45) is -0.187. The summed E-state index contributed by atoms with van der Waals surface area (Å²) >= 11 is 0. The van der Waals surface area contributed by atoms with Gasteiger partial charge in [-0.3, -0.25) is 4.79 Å². The van der Waals surface area contributed by atoms with E-state index in [0.717, 1.165) is 21.8 Å². The third kappa shape index (κ3) is 2.96. The summed E-state index contributed by atoms with van der Waals surface area (Å²) < 4.78 is 0. The molecule has 3 aromatic rings. The number of aromatic nitrogens is 1. The molecule has 0 amide bonds. The Hall–Kier alpha value is -3.02. The van der Waals surface area contributed by atoms with Crippen molar-refractivity contribution in [1.82, 2.24) is 4.98 Å². The first-order valence-electron chi connectivity index (χ1n) is 7.27. The SMILES string of the molecule is O=C(O)CCC(Nc1cccc2c1[nH]c1ccccc12)C(=O)O. The number of carboxylic acid groups (broad SMARTS) is 2. The van der Waals surface area contributed by atoms with Crippen LogP contribution in [0.15, 0.2) is 42.5 Å². The molecule has 0 aliphatic carbocycles. The Morgan fingerprint density at radius 3 is 2.52 bits per heavy atom. The van der Waals surface area contributed by atoms with Gasteiger partial charge in [0.25, 0.3) is 0 Å². The Morgan fingerprint density at radius 1 is 1.04 bits per heavy atom. The van der Waals surface area contributed by atoms with Gasteiger partial charge in [-0.2, -0.15) is 0 Å². The van der Waals surface area contributed by atoms with E-state index in [0.29, 0.717) is 5.69 Å². The third-order valence-corrected chi connectivity index (χ3v) is 3.82. The predicted octanol–water partition coefficient (Wildman–Crippen LogP) is 3.05. The second kappa shape index (κ2) is 6.00. The molecule has 0 aliphatic rings. The van der Waals surface area contributed by atoms with Crippen molar-refractivity contribution in [2.24, 2.45) is 0 Å². The second-order valence-corrected chi connectivity index (χ2v) is 5.37. The first kappa shape index (κ1) is 14.9. The number of carbonyl (C=O) groups is 2. The molecule has 3 rings (SSSR count). The fourth-order valence-corrected chi connectivity index (χ4v) is 2.71. The van der Waals surface area contributed by atoms with Crippen LogP contribution in [0, 0.1) is 0 Å². The molecule has 6 nitrogen and oxygen atoms in total. The highest BCUT2D eigenvalue weighted by molar-refractivity contribution is 6.11. The summed E-state index contributed by atoms with van der Waals surface area (Å²) in [6.45, 7) is 0. The zero-order valence-electron chi connectivity index (χ0n) is 12.2. The van der Waals surface area contributed by atoms with Gasteiger partial charge in [-0.15, -0.1) is 0 Å². The maximum atomic E-state index is 11.4. The van der Waals surface area contributed by atoms with E-state index >= 15 is 0 Å².